The van der Waals surface area contributed by atoms with E-state index in [0.29, 0.717) is 31.1 Å². The van der Waals surface area contributed by atoms with Crippen LogP contribution in [-0.4, -0.2) is 25.0 Å². The number of nitrogens with one attached hydrogen (secondary N) is 1. The monoisotopic (exact) mass is 400 g/mol. The van der Waals surface area contributed by atoms with Crippen LogP contribution in [0.1, 0.15) is 31.7 Å². The normalized spacial score (nSPS) is 16.3. The molecule has 0 aromatic heterocycles. The Kier molecular flexibility index (Phi) is 6.93. The number of rotatable bonds is 8. The average molecular weight is 401 g/mol. The van der Waals surface area contributed by atoms with Crippen LogP contribution in [0.15, 0.2) is 48.5 Å². The van der Waals surface area contributed by atoms with E-state index in [1.807, 2.05) is 24.3 Å². The first-order valence-corrected chi connectivity index (χ1v) is 10.0. The van der Waals surface area contributed by atoms with Crippen molar-refractivity contribution in [1.82, 2.24) is 5.32 Å². The van der Waals surface area contributed by atoms with Crippen LogP contribution in [0, 0.1) is 5.92 Å². The summed E-state index contributed by atoms with van der Waals surface area (Å²) in [5.41, 5.74) is 1.74. The van der Waals surface area contributed by atoms with E-state index < -0.39 is 5.92 Å². The molecule has 0 bridgehead atoms. The average Bonchev–Trinajstić information content (AvgIpc) is 3.09. The Labute approximate surface area is 170 Å². The summed E-state index contributed by atoms with van der Waals surface area (Å²) in [6, 6.07) is 14.7. The van der Waals surface area contributed by atoms with E-state index >= 15 is 0 Å². The van der Waals surface area contributed by atoms with Crippen molar-refractivity contribution in [3.63, 3.8) is 0 Å². The predicted octanol–water partition coefficient (Wildman–Crippen LogP) is 4.19. The summed E-state index contributed by atoms with van der Waals surface area (Å²) in [5.74, 6) is -0.218. The maximum atomic E-state index is 12.6. The van der Waals surface area contributed by atoms with Crippen molar-refractivity contribution in [3.8, 4) is 5.75 Å². The predicted molar refractivity (Wildman–Crippen MR) is 111 cm³/mol. The molecule has 28 heavy (non-hydrogen) atoms. The Morgan fingerprint density at radius 3 is 2.57 bits per heavy atom. The third-order valence-electron chi connectivity index (χ3n) is 4.82. The molecule has 1 N–H and O–H groups in total. The number of anilines is 1. The maximum absolute atomic E-state index is 12.6. The Morgan fingerprint density at radius 1 is 1.18 bits per heavy atom. The number of unbranched alkanes of at least 4 members (excludes halogenated alkanes) is 1. The second-order valence-corrected chi connectivity index (χ2v) is 7.31. The molecule has 1 saturated heterocycles. The van der Waals surface area contributed by atoms with Crippen molar-refractivity contribution in [1.29, 1.82) is 0 Å². The fraction of sp³-hybridized carbons (Fsp3) is 0.364. The van der Waals surface area contributed by atoms with Gasteiger partial charge in [0, 0.05) is 23.8 Å². The van der Waals surface area contributed by atoms with Gasteiger partial charge in [-0.2, -0.15) is 0 Å². The SMILES string of the molecule is CCCCOc1ccc(CNC(=O)[C@H]2CCN(c3ccc(Cl)cc3)C2=O)cc1. The van der Waals surface area contributed by atoms with Gasteiger partial charge in [-0.1, -0.05) is 37.1 Å². The summed E-state index contributed by atoms with van der Waals surface area (Å²) >= 11 is 5.90. The molecule has 0 radical (unpaired) electrons. The van der Waals surface area contributed by atoms with Gasteiger partial charge in [0.05, 0.1) is 6.61 Å². The minimum absolute atomic E-state index is 0.167. The second kappa shape index (κ2) is 9.60. The van der Waals surface area contributed by atoms with Crippen LogP contribution in [0.5, 0.6) is 5.75 Å². The molecule has 2 aromatic carbocycles. The van der Waals surface area contributed by atoms with Gasteiger partial charge in [0.1, 0.15) is 11.7 Å². The number of carbonyl (C=O) groups is 2. The van der Waals surface area contributed by atoms with Crippen molar-refractivity contribution in [3.05, 3.63) is 59.1 Å². The lowest BCUT2D eigenvalue weighted by molar-refractivity contribution is -0.132. The van der Waals surface area contributed by atoms with Crippen LogP contribution in [0.3, 0.4) is 0 Å². The second-order valence-electron chi connectivity index (χ2n) is 6.87. The van der Waals surface area contributed by atoms with Gasteiger partial charge in [-0.3, -0.25) is 9.59 Å². The van der Waals surface area contributed by atoms with Gasteiger partial charge < -0.3 is 15.0 Å². The van der Waals surface area contributed by atoms with E-state index in [1.165, 1.54) is 0 Å². The molecule has 1 aliphatic heterocycles. The summed E-state index contributed by atoms with van der Waals surface area (Å²) in [5, 5.41) is 3.49. The Bertz CT molecular complexity index is 806. The molecular weight excluding hydrogens is 376 g/mol. The zero-order valence-corrected chi connectivity index (χ0v) is 16.7. The minimum atomic E-state index is -0.646. The van der Waals surface area contributed by atoms with E-state index in [-0.39, 0.29) is 11.8 Å². The Hall–Kier alpha value is -2.53. The zero-order valence-electron chi connectivity index (χ0n) is 16.0. The number of nitrogens with zero attached hydrogens (tertiary/aromatic N) is 1. The van der Waals surface area contributed by atoms with Gasteiger partial charge in [-0.25, -0.2) is 0 Å². The molecule has 2 amide bonds. The molecule has 0 spiro atoms. The van der Waals surface area contributed by atoms with Gasteiger partial charge in [-0.05, 0) is 54.8 Å². The van der Waals surface area contributed by atoms with Crippen molar-refractivity contribution in [2.75, 3.05) is 18.1 Å². The van der Waals surface area contributed by atoms with E-state index in [4.69, 9.17) is 16.3 Å². The van der Waals surface area contributed by atoms with Gasteiger partial charge in [0.15, 0.2) is 0 Å². The summed E-state index contributed by atoms with van der Waals surface area (Å²) in [6.45, 7) is 3.75. The van der Waals surface area contributed by atoms with Gasteiger partial charge in [0.2, 0.25) is 11.8 Å². The van der Waals surface area contributed by atoms with Crippen molar-refractivity contribution in [2.24, 2.45) is 5.92 Å². The quantitative estimate of drug-likeness (QED) is 0.534. The number of amides is 2. The minimum Gasteiger partial charge on any atom is -0.494 e. The van der Waals surface area contributed by atoms with Crippen molar-refractivity contribution < 1.29 is 14.3 Å². The summed E-state index contributed by atoms with van der Waals surface area (Å²) in [4.78, 5) is 26.8. The molecule has 148 valence electrons. The van der Waals surface area contributed by atoms with Crippen LogP contribution in [0.4, 0.5) is 5.69 Å². The topological polar surface area (TPSA) is 58.6 Å². The van der Waals surface area contributed by atoms with Crippen molar-refractivity contribution in [2.45, 2.75) is 32.7 Å². The van der Waals surface area contributed by atoms with Gasteiger partial charge in [0.25, 0.3) is 0 Å². The molecule has 0 saturated carbocycles. The Morgan fingerprint density at radius 2 is 1.89 bits per heavy atom. The van der Waals surface area contributed by atoms with E-state index in [9.17, 15) is 9.59 Å². The van der Waals surface area contributed by atoms with E-state index in [1.54, 1.807) is 29.2 Å². The number of halogens is 1. The highest BCUT2D eigenvalue weighted by Gasteiger charge is 2.37. The van der Waals surface area contributed by atoms with Crippen LogP contribution in [-0.2, 0) is 16.1 Å². The molecule has 1 heterocycles. The lowest BCUT2D eigenvalue weighted by Crippen LogP contribution is -2.36. The molecule has 3 rings (SSSR count). The number of hydrogen-bond acceptors (Lipinski definition) is 3. The highest BCUT2D eigenvalue weighted by molar-refractivity contribution is 6.30. The standard InChI is InChI=1S/C22H25ClN2O3/c1-2-3-14-28-19-10-4-16(5-11-19)15-24-21(26)20-12-13-25(22(20)27)18-8-6-17(23)7-9-18/h4-11,20H,2-3,12-15H2,1H3,(H,24,26)/t20-/m1/s1. The third kappa shape index (κ3) is 5.04. The van der Waals surface area contributed by atoms with Crippen LogP contribution >= 0.6 is 11.6 Å². The zero-order chi connectivity index (χ0) is 19.9. The van der Waals surface area contributed by atoms with Gasteiger partial charge >= 0.3 is 0 Å². The summed E-state index contributed by atoms with van der Waals surface area (Å²) < 4.78 is 5.64. The number of carbonyl (C=O) groups excluding carboxylic acids is 2. The van der Waals surface area contributed by atoms with E-state index in [2.05, 4.69) is 12.2 Å². The highest BCUT2D eigenvalue weighted by atomic mass is 35.5. The number of hydrogen-bond donors (Lipinski definition) is 1. The molecule has 5 nitrogen and oxygen atoms in total. The fourth-order valence-corrected chi connectivity index (χ4v) is 3.28. The molecule has 1 fully saturated rings. The molecule has 2 aromatic rings. The first-order chi connectivity index (χ1) is 13.6. The summed E-state index contributed by atoms with van der Waals surface area (Å²) in [6.07, 6.45) is 2.64. The highest BCUT2D eigenvalue weighted by Crippen LogP contribution is 2.26. The van der Waals surface area contributed by atoms with E-state index in [0.717, 1.165) is 29.8 Å². The number of benzene rings is 2. The molecule has 1 aliphatic rings. The summed E-state index contributed by atoms with van der Waals surface area (Å²) in [7, 11) is 0. The molecule has 0 aliphatic carbocycles. The first kappa shape index (κ1) is 20.2. The maximum Gasteiger partial charge on any atom is 0.239 e. The van der Waals surface area contributed by atoms with Crippen LogP contribution < -0.4 is 15.0 Å². The lowest BCUT2D eigenvalue weighted by Gasteiger charge is -2.17. The fourth-order valence-electron chi connectivity index (χ4n) is 3.15. The Balaban J connectivity index is 1.51. The first-order valence-electron chi connectivity index (χ1n) is 9.65. The molecule has 1 atom stereocenters. The molecule has 0 unspecified atom stereocenters. The van der Waals surface area contributed by atoms with Crippen molar-refractivity contribution >= 4 is 29.1 Å². The van der Waals surface area contributed by atoms with Gasteiger partial charge in [-0.15, -0.1) is 0 Å². The smallest absolute Gasteiger partial charge is 0.239 e. The van der Waals surface area contributed by atoms with Crippen LogP contribution in [0.2, 0.25) is 5.02 Å². The van der Waals surface area contributed by atoms with Crippen LogP contribution in [0.25, 0.3) is 0 Å². The lowest BCUT2D eigenvalue weighted by atomic mass is 10.1. The molecule has 6 heteroatoms. The largest absolute Gasteiger partial charge is 0.494 e. The third-order valence-corrected chi connectivity index (χ3v) is 5.07. The number of ether oxygens (including phenoxy) is 1. The molecular formula is C22H25ClN2O3.